The van der Waals surface area contributed by atoms with Gasteiger partial charge in [0.1, 0.15) is 0 Å². The van der Waals surface area contributed by atoms with E-state index in [1.54, 1.807) is 0 Å². The van der Waals surface area contributed by atoms with E-state index in [2.05, 4.69) is 30.1 Å². The highest BCUT2D eigenvalue weighted by Gasteiger charge is 2.29. The van der Waals surface area contributed by atoms with E-state index < -0.39 is 0 Å². The Labute approximate surface area is 175 Å². The second-order valence-corrected chi connectivity index (χ2v) is 9.46. The zero-order valence-corrected chi connectivity index (χ0v) is 18.5. The topological polar surface area (TPSA) is 52.7 Å². The molecule has 3 atom stereocenters. The molecule has 0 radical (unpaired) electrons. The molecule has 160 valence electrons. The molecule has 2 amide bonds. The van der Waals surface area contributed by atoms with E-state index in [0.29, 0.717) is 13.1 Å². The monoisotopic (exact) mass is 399 g/mol. The number of rotatable bonds is 5. The number of benzene rings is 1. The first-order chi connectivity index (χ1) is 13.8. The van der Waals surface area contributed by atoms with Crippen molar-refractivity contribution in [1.29, 1.82) is 0 Å². The number of hydrogen-bond donors (Lipinski definition) is 1. The number of nitrogens with one attached hydrogen (secondary N) is 1. The molecule has 2 saturated heterocycles. The van der Waals surface area contributed by atoms with Gasteiger partial charge in [-0.25, -0.2) is 0 Å². The second-order valence-electron chi connectivity index (χ2n) is 9.46. The zero-order valence-electron chi connectivity index (χ0n) is 18.5. The number of carbonyl (C=O) groups is 2. The number of aryl methyl sites for hydroxylation is 2. The Morgan fingerprint density at radius 2 is 1.69 bits per heavy atom. The lowest BCUT2D eigenvalue weighted by Crippen LogP contribution is -2.47. The molecular formula is C24H37N3O2. The number of likely N-dealkylation sites (tertiary alicyclic amines) is 2. The maximum absolute atomic E-state index is 12.9. The molecule has 0 aliphatic carbocycles. The van der Waals surface area contributed by atoms with Crippen LogP contribution < -0.4 is 5.32 Å². The van der Waals surface area contributed by atoms with Crippen molar-refractivity contribution in [2.45, 2.75) is 47.0 Å². The first-order valence-electron chi connectivity index (χ1n) is 11.2. The fourth-order valence-corrected chi connectivity index (χ4v) is 5.11. The standard InChI is InChI=1S/C24H37N3O2/c1-17-10-18(2)13-22(12-17)24(29)27-8-5-6-21(16-27)23(28)25-7-9-26-14-19(3)11-20(4)15-26/h10,12-13,19-21H,5-9,11,14-16H2,1-4H3,(H,25,28). The van der Waals surface area contributed by atoms with Crippen molar-refractivity contribution < 1.29 is 9.59 Å². The third-order valence-electron chi connectivity index (χ3n) is 6.22. The summed E-state index contributed by atoms with van der Waals surface area (Å²) in [6, 6.07) is 5.96. The zero-order chi connectivity index (χ0) is 21.0. The molecule has 5 nitrogen and oxygen atoms in total. The lowest BCUT2D eigenvalue weighted by atomic mass is 9.92. The van der Waals surface area contributed by atoms with Crippen LogP contribution in [-0.2, 0) is 4.79 Å². The Kier molecular flexibility index (Phi) is 7.33. The molecule has 1 aromatic carbocycles. The molecule has 3 rings (SSSR count). The summed E-state index contributed by atoms with van der Waals surface area (Å²) in [5.41, 5.74) is 2.93. The van der Waals surface area contributed by atoms with Crippen molar-refractivity contribution in [3.63, 3.8) is 0 Å². The minimum Gasteiger partial charge on any atom is -0.355 e. The van der Waals surface area contributed by atoms with Gasteiger partial charge in [0, 0.05) is 44.8 Å². The van der Waals surface area contributed by atoms with Crippen molar-refractivity contribution in [3.05, 3.63) is 34.9 Å². The van der Waals surface area contributed by atoms with E-state index in [9.17, 15) is 9.59 Å². The number of carbonyl (C=O) groups excluding carboxylic acids is 2. The van der Waals surface area contributed by atoms with Gasteiger partial charge in [0.15, 0.2) is 0 Å². The molecule has 0 spiro atoms. The number of hydrogen-bond acceptors (Lipinski definition) is 3. The summed E-state index contributed by atoms with van der Waals surface area (Å²) in [5, 5.41) is 3.13. The third kappa shape index (κ3) is 6.05. The first-order valence-corrected chi connectivity index (χ1v) is 11.2. The molecule has 1 N–H and O–H groups in total. The van der Waals surface area contributed by atoms with Crippen LogP contribution in [0.25, 0.3) is 0 Å². The van der Waals surface area contributed by atoms with E-state index in [0.717, 1.165) is 67.5 Å². The fourth-order valence-electron chi connectivity index (χ4n) is 5.11. The van der Waals surface area contributed by atoms with Crippen LogP contribution in [0, 0.1) is 31.6 Å². The van der Waals surface area contributed by atoms with E-state index >= 15 is 0 Å². The van der Waals surface area contributed by atoms with E-state index in [4.69, 9.17) is 0 Å². The van der Waals surface area contributed by atoms with Crippen molar-refractivity contribution >= 4 is 11.8 Å². The maximum Gasteiger partial charge on any atom is 0.253 e. The SMILES string of the molecule is Cc1cc(C)cc(C(=O)N2CCCC(C(=O)NCCN3CC(C)CC(C)C3)C2)c1. The van der Waals surface area contributed by atoms with Crippen LogP contribution in [0.3, 0.4) is 0 Å². The molecular weight excluding hydrogens is 362 g/mol. The van der Waals surface area contributed by atoms with Crippen LogP contribution in [0.4, 0.5) is 0 Å². The maximum atomic E-state index is 12.9. The van der Waals surface area contributed by atoms with Gasteiger partial charge in [-0.2, -0.15) is 0 Å². The molecule has 3 unspecified atom stereocenters. The minimum absolute atomic E-state index is 0.0468. The highest BCUT2D eigenvalue weighted by molar-refractivity contribution is 5.95. The van der Waals surface area contributed by atoms with Crippen LogP contribution in [0.1, 0.15) is 54.6 Å². The lowest BCUT2D eigenvalue weighted by Gasteiger charge is -2.35. The van der Waals surface area contributed by atoms with E-state index in [1.165, 1.54) is 6.42 Å². The summed E-state index contributed by atoms with van der Waals surface area (Å²) < 4.78 is 0. The second kappa shape index (κ2) is 9.75. The molecule has 0 aromatic heterocycles. The van der Waals surface area contributed by atoms with Crippen molar-refractivity contribution in [3.8, 4) is 0 Å². The van der Waals surface area contributed by atoms with Crippen LogP contribution in [0.5, 0.6) is 0 Å². The molecule has 29 heavy (non-hydrogen) atoms. The predicted molar refractivity (Wildman–Crippen MR) is 117 cm³/mol. The van der Waals surface area contributed by atoms with Crippen LogP contribution >= 0.6 is 0 Å². The van der Waals surface area contributed by atoms with Gasteiger partial charge in [0.05, 0.1) is 5.92 Å². The molecule has 2 aliphatic heterocycles. The molecule has 2 fully saturated rings. The largest absolute Gasteiger partial charge is 0.355 e. The minimum atomic E-state index is -0.0993. The van der Waals surface area contributed by atoms with Gasteiger partial charge in [-0.05, 0) is 57.1 Å². The Bertz CT molecular complexity index is 703. The van der Waals surface area contributed by atoms with Crippen LogP contribution in [0.2, 0.25) is 0 Å². The average Bonchev–Trinajstić information content (AvgIpc) is 2.66. The van der Waals surface area contributed by atoms with Gasteiger partial charge < -0.3 is 15.1 Å². The Morgan fingerprint density at radius 1 is 1.03 bits per heavy atom. The molecule has 1 aromatic rings. The highest BCUT2D eigenvalue weighted by Crippen LogP contribution is 2.21. The van der Waals surface area contributed by atoms with Gasteiger partial charge in [-0.15, -0.1) is 0 Å². The number of amides is 2. The van der Waals surface area contributed by atoms with Crippen LogP contribution in [0.15, 0.2) is 18.2 Å². The van der Waals surface area contributed by atoms with Crippen molar-refractivity contribution in [1.82, 2.24) is 15.1 Å². The van der Waals surface area contributed by atoms with Crippen molar-refractivity contribution in [2.75, 3.05) is 39.3 Å². The lowest BCUT2D eigenvalue weighted by molar-refractivity contribution is -0.126. The van der Waals surface area contributed by atoms with Gasteiger partial charge >= 0.3 is 0 Å². The molecule has 0 saturated carbocycles. The Balaban J connectivity index is 1.49. The van der Waals surface area contributed by atoms with E-state index in [-0.39, 0.29) is 17.7 Å². The van der Waals surface area contributed by atoms with Gasteiger partial charge in [0.2, 0.25) is 5.91 Å². The normalized spacial score (nSPS) is 25.7. The molecule has 2 aliphatic rings. The summed E-state index contributed by atoms with van der Waals surface area (Å²) in [5.74, 6) is 1.51. The van der Waals surface area contributed by atoms with Gasteiger partial charge in [-0.3, -0.25) is 9.59 Å². The summed E-state index contributed by atoms with van der Waals surface area (Å²) in [6.07, 6.45) is 3.05. The first kappa shape index (κ1) is 21.8. The third-order valence-corrected chi connectivity index (χ3v) is 6.22. The predicted octanol–water partition coefficient (Wildman–Crippen LogP) is 3.25. The number of nitrogens with zero attached hydrogens (tertiary/aromatic N) is 2. The quantitative estimate of drug-likeness (QED) is 0.827. The summed E-state index contributed by atoms with van der Waals surface area (Å²) in [6.45, 7) is 13.8. The smallest absolute Gasteiger partial charge is 0.253 e. The van der Waals surface area contributed by atoms with Crippen molar-refractivity contribution in [2.24, 2.45) is 17.8 Å². The highest BCUT2D eigenvalue weighted by atomic mass is 16.2. The molecule has 5 heteroatoms. The Hall–Kier alpha value is -1.88. The average molecular weight is 400 g/mol. The summed E-state index contributed by atoms with van der Waals surface area (Å²) >= 11 is 0. The fraction of sp³-hybridized carbons (Fsp3) is 0.667. The number of piperidine rings is 2. The Morgan fingerprint density at radius 3 is 2.34 bits per heavy atom. The summed E-state index contributed by atoms with van der Waals surface area (Å²) in [4.78, 5) is 30.0. The summed E-state index contributed by atoms with van der Waals surface area (Å²) in [7, 11) is 0. The van der Waals surface area contributed by atoms with E-state index in [1.807, 2.05) is 30.9 Å². The van der Waals surface area contributed by atoms with Gasteiger partial charge in [-0.1, -0.05) is 31.0 Å². The molecule has 0 bridgehead atoms. The van der Waals surface area contributed by atoms with Gasteiger partial charge in [0.25, 0.3) is 5.91 Å². The molecule has 2 heterocycles. The van der Waals surface area contributed by atoms with Crippen LogP contribution in [-0.4, -0.2) is 60.9 Å².